The lowest BCUT2D eigenvalue weighted by molar-refractivity contribution is 0.0677. The third kappa shape index (κ3) is 3.24. The minimum atomic E-state index is -0.973. The molecule has 16 heavy (non-hydrogen) atoms. The zero-order valence-electron chi connectivity index (χ0n) is 9.53. The predicted octanol–water partition coefficient (Wildman–Crippen LogP) is 1.96. The van der Waals surface area contributed by atoms with Crippen molar-refractivity contribution in [2.75, 3.05) is 11.9 Å². The molecule has 4 heteroatoms. The molecule has 1 aromatic rings. The van der Waals surface area contributed by atoms with Gasteiger partial charge in [-0.3, -0.25) is 0 Å². The second kappa shape index (κ2) is 4.99. The highest BCUT2D eigenvalue weighted by Gasteiger charge is 2.18. The van der Waals surface area contributed by atoms with Gasteiger partial charge in [-0.15, -0.1) is 0 Å². The summed E-state index contributed by atoms with van der Waals surface area (Å²) in [5, 5.41) is 21.7. The van der Waals surface area contributed by atoms with Crippen molar-refractivity contribution in [1.82, 2.24) is 0 Å². The molecule has 0 saturated carbocycles. The number of hydrogen-bond donors (Lipinski definition) is 3. The van der Waals surface area contributed by atoms with E-state index in [0.717, 1.165) is 0 Å². The van der Waals surface area contributed by atoms with Crippen molar-refractivity contribution in [2.24, 2.45) is 0 Å². The van der Waals surface area contributed by atoms with Crippen molar-refractivity contribution in [3.8, 4) is 0 Å². The van der Waals surface area contributed by atoms with Gasteiger partial charge in [0.25, 0.3) is 0 Å². The summed E-state index contributed by atoms with van der Waals surface area (Å²) in [6.45, 7) is 3.92. The first-order chi connectivity index (χ1) is 7.46. The molecule has 0 spiro atoms. The molecule has 88 valence electrons. The van der Waals surface area contributed by atoms with Gasteiger partial charge in [-0.05, 0) is 25.5 Å². The molecule has 0 radical (unpaired) electrons. The number of aromatic carboxylic acids is 1. The number of anilines is 1. The summed E-state index contributed by atoms with van der Waals surface area (Å²) in [5.41, 5.74) is -0.0795. The summed E-state index contributed by atoms with van der Waals surface area (Å²) in [6, 6.07) is 6.66. The van der Waals surface area contributed by atoms with Gasteiger partial charge in [-0.1, -0.05) is 19.1 Å². The minimum absolute atomic E-state index is 0.217. The van der Waals surface area contributed by atoms with E-state index in [0.29, 0.717) is 18.7 Å². The van der Waals surface area contributed by atoms with Gasteiger partial charge in [0.1, 0.15) is 0 Å². The lowest BCUT2D eigenvalue weighted by atomic mass is 10.0. The maximum atomic E-state index is 10.9. The Bertz CT molecular complexity index is 374. The van der Waals surface area contributed by atoms with E-state index in [1.54, 1.807) is 25.1 Å². The molecule has 0 bridgehead atoms. The standard InChI is InChI=1S/C12H17NO3/c1-3-12(2,16)8-13-10-7-5-4-6-9(10)11(14)15/h4-7,13,16H,3,8H2,1-2H3,(H,14,15). The number of para-hydroxylation sites is 1. The lowest BCUT2D eigenvalue weighted by Crippen LogP contribution is -2.32. The first kappa shape index (κ1) is 12.5. The maximum absolute atomic E-state index is 10.9. The van der Waals surface area contributed by atoms with Crippen molar-refractivity contribution in [3.05, 3.63) is 29.8 Å². The summed E-state index contributed by atoms with van der Waals surface area (Å²) in [7, 11) is 0. The highest BCUT2D eigenvalue weighted by Crippen LogP contribution is 2.17. The van der Waals surface area contributed by atoms with Crippen LogP contribution in [0.3, 0.4) is 0 Å². The van der Waals surface area contributed by atoms with E-state index in [1.807, 2.05) is 6.92 Å². The Labute approximate surface area is 94.9 Å². The van der Waals surface area contributed by atoms with Gasteiger partial charge in [0.15, 0.2) is 0 Å². The molecule has 1 unspecified atom stereocenters. The number of aliphatic hydroxyl groups is 1. The Morgan fingerprint density at radius 3 is 2.62 bits per heavy atom. The maximum Gasteiger partial charge on any atom is 0.337 e. The van der Waals surface area contributed by atoms with Crippen LogP contribution in [0.25, 0.3) is 0 Å². The first-order valence-corrected chi connectivity index (χ1v) is 5.25. The van der Waals surface area contributed by atoms with Gasteiger partial charge in [0.05, 0.1) is 11.2 Å². The average Bonchev–Trinajstić information content (AvgIpc) is 2.27. The smallest absolute Gasteiger partial charge is 0.337 e. The normalized spacial score (nSPS) is 14.2. The summed E-state index contributed by atoms with van der Waals surface area (Å²) < 4.78 is 0. The third-order valence-electron chi connectivity index (χ3n) is 2.58. The van der Waals surface area contributed by atoms with Gasteiger partial charge >= 0.3 is 5.97 Å². The van der Waals surface area contributed by atoms with E-state index in [-0.39, 0.29) is 5.56 Å². The molecule has 0 heterocycles. The second-order valence-corrected chi connectivity index (χ2v) is 4.05. The Balaban J connectivity index is 2.78. The Hall–Kier alpha value is -1.55. The van der Waals surface area contributed by atoms with Crippen LogP contribution in [0.4, 0.5) is 5.69 Å². The molecule has 0 aliphatic heterocycles. The van der Waals surface area contributed by atoms with Crippen LogP contribution in [0.2, 0.25) is 0 Å². The van der Waals surface area contributed by atoms with E-state index in [4.69, 9.17) is 5.11 Å². The van der Waals surface area contributed by atoms with Crippen LogP contribution in [0, 0.1) is 0 Å². The monoisotopic (exact) mass is 223 g/mol. The number of carbonyl (C=O) groups is 1. The highest BCUT2D eigenvalue weighted by molar-refractivity contribution is 5.94. The molecule has 0 aromatic heterocycles. The van der Waals surface area contributed by atoms with Crippen LogP contribution < -0.4 is 5.32 Å². The van der Waals surface area contributed by atoms with E-state index >= 15 is 0 Å². The van der Waals surface area contributed by atoms with Crippen molar-refractivity contribution < 1.29 is 15.0 Å². The Morgan fingerprint density at radius 2 is 2.06 bits per heavy atom. The lowest BCUT2D eigenvalue weighted by Gasteiger charge is -2.22. The van der Waals surface area contributed by atoms with Crippen molar-refractivity contribution in [3.63, 3.8) is 0 Å². The zero-order valence-corrected chi connectivity index (χ0v) is 9.53. The summed E-state index contributed by atoms with van der Waals surface area (Å²) in [5.74, 6) is -0.973. The second-order valence-electron chi connectivity index (χ2n) is 4.05. The molecule has 0 saturated heterocycles. The molecule has 4 nitrogen and oxygen atoms in total. The van der Waals surface area contributed by atoms with Crippen LogP contribution in [0.5, 0.6) is 0 Å². The quantitative estimate of drug-likeness (QED) is 0.713. The zero-order chi connectivity index (χ0) is 12.2. The summed E-state index contributed by atoms with van der Waals surface area (Å²) in [4.78, 5) is 10.9. The molecule has 3 N–H and O–H groups in total. The molecule has 0 aliphatic rings. The molecule has 1 atom stereocenters. The first-order valence-electron chi connectivity index (χ1n) is 5.25. The molecule has 1 aromatic carbocycles. The fourth-order valence-corrected chi connectivity index (χ4v) is 1.23. The van der Waals surface area contributed by atoms with Gasteiger partial charge < -0.3 is 15.5 Å². The van der Waals surface area contributed by atoms with Gasteiger partial charge in [-0.25, -0.2) is 4.79 Å². The van der Waals surface area contributed by atoms with Crippen molar-refractivity contribution in [1.29, 1.82) is 0 Å². The van der Waals surface area contributed by atoms with E-state index < -0.39 is 11.6 Å². The summed E-state index contributed by atoms with van der Waals surface area (Å²) >= 11 is 0. The minimum Gasteiger partial charge on any atom is -0.478 e. The van der Waals surface area contributed by atoms with Gasteiger partial charge in [0, 0.05) is 12.2 Å². The summed E-state index contributed by atoms with van der Waals surface area (Å²) in [6.07, 6.45) is 0.606. The molecule has 0 fully saturated rings. The molecule has 1 rings (SSSR count). The average molecular weight is 223 g/mol. The molecular formula is C12H17NO3. The largest absolute Gasteiger partial charge is 0.478 e. The van der Waals surface area contributed by atoms with Crippen LogP contribution >= 0.6 is 0 Å². The van der Waals surface area contributed by atoms with Crippen LogP contribution in [0.1, 0.15) is 30.6 Å². The Kier molecular flexibility index (Phi) is 3.90. The fourth-order valence-electron chi connectivity index (χ4n) is 1.23. The number of rotatable bonds is 5. The number of carboxylic acid groups (broad SMARTS) is 1. The predicted molar refractivity (Wildman–Crippen MR) is 62.8 cm³/mol. The SMILES string of the molecule is CCC(C)(O)CNc1ccccc1C(=O)O. The van der Waals surface area contributed by atoms with Crippen molar-refractivity contribution >= 4 is 11.7 Å². The van der Waals surface area contributed by atoms with Crippen LogP contribution in [-0.2, 0) is 0 Å². The van der Waals surface area contributed by atoms with Gasteiger partial charge in [-0.2, -0.15) is 0 Å². The number of carboxylic acids is 1. The Morgan fingerprint density at radius 1 is 1.44 bits per heavy atom. The molecule has 0 aliphatic carbocycles. The highest BCUT2D eigenvalue weighted by atomic mass is 16.4. The fraction of sp³-hybridized carbons (Fsp3) is 0.417. The molecular weight excluding hydrogens is 206 g/mol. The number of nitrogens with one attached hydrogen (secondary N) is 1. The van der Waals surface area contributed by atoms with E-state index in [9.17, 15) is 9.90 Å². The van der Waals surface area contributed by atoms with Crippen molar-refractivity contribution in [2.45, 2.75) is 25.9 Å². The number of benzene rings is 1. The van der Waals surface area contributed by atoms with Gasteiger partial charge in [0.2, 0.25) is 0 Å². The van der Waals surface area contributed by atoms with Crippen LogP contribution in [-0.4, -0.2) is 28.3 Å². The van der Waals surface area contributed by atoms with E-state index in [1.165, 1.54) is 6.07 Å². The number of hydrogen-bond acceptors (Lipinski definition) is 3. The molecule has 0 amide bonds. The van der Waals surface area contributed by atoms with Crippen LogP contribution in [0.15, 0.2) is 24.3 Å². The topological polar surface area (TPSA) is 69.6 Å². The third-order valence-corrected chi connectivity index (χ3v) is 2.58. The van der Waals surface area contributed by atoms with E-state index in [2.05, 4.69) is 5.32 Å².